The Balaban J connectivity index is 1.17. The Kier molecular flexibility index (Phi) is 5.88. The minimum Gasteiger partial charge on any atom is -0.454 e. The van der Waals surface area contributed by atoms with Crippen LogP contribution in [0.1, 0.15) is 42.2 Å². The fourth-order valence-electron chi connectivity index (χ4n) is 3.84. The number of amides is 3. The van der Waals surface area contributed by atoms with Gasteiger partial charge in [0.2, 0.25) is 6.79 Å². The summed E-state index contributed by atoms with van der Waals surface area (Å²) in [6.07, 6.45) is 0. The molecule has 2 aliphatic rings. The fraction of sp³-hybridized carbons (Fsp3) is 0.154. The lowest BCUT2D eigenvalue weighted by Crippen LogP contribution is -2.29. The van der Waals surface area contributed by atoms with Crippen molar-refractivity contribution in [2.24, 2.45) is 0 Å². The van der Waals surface area contributed by atoms with Crippen LogP contribution in [0.3, 0.4) is 0 Å². The van der Waals surface area contributed by atoms with Gasteiger partial charge in [0.1, 0.15) is 0 Å². The van der Waals surface area contributed by atoms with E-state index in [4.69, 9.17) is 14.2 Å². The third-order valence-electron chi connectivity index (χ3n) is 5.65. The maximum absolute atomic E-state index is 12.8. The third kappa shape index (κ3) is 4.56. The van der Waals surface area contributed by atoms with Crippen molar-refractivity contribution < 1.29 is 33.4 Å². The molecule has 2 aliphatic heterocycles. The number of ether oxygens (including phenoxy) is 3. The number of fused-ring (bicyclic) bond motifs is 2. The molecule has 1 N–H and O–H groups in total. The zero-order valence-corrected chi connectivity index (χ0v) is 18.5. The quantitative estimate of drug-likeness (QED) is 0.416. The molecule has 5 rings (SSSR count). The first-order chi connectivity index (χ1) is 17.0. The lowest BCUT2D eigenvalue weighted by Gasteiger charge is -2.13. The topological polar surface area (TPSA) is 111 Å². The van der Waals surface area contributed by atoms with Gasteiger partial charge in [-0.3, -0.25) is 19.3 Å². The first kappa shape index (κ1) is 22.1. The van der Waals surface area contributed by atoms with Gasteiger partial charge < -0.3 is 19.5 Å². The number of hydrogen-bond donors (Lipinski definition) is 1. The van der Waals surface area contributed by atoms with Crippen molar-refractivity contribution in [3.8, 4) is 11.5 Å². The van der Waals surface area contributed by atoms with Crippen molar-refractivity contribution in [1.82, 2.24) is 10.2 Å². The molecule has 176 valence electrons. The van der Waals surface area contributed by atoms with Gasteiger partial charge in [0.25, 0.3) is 17.7 Å². The van der Waals surface area contributed by atoms with Gasteiger partial charge in [-0.1, -0.05) is 36.4 Å². The molecule has 3 amide bonds. The number of benzene rings is 3. The second kappa shape index (κ2) is 9.30. The smallest absolute Gasteiger partial charge is 0.338 e. The van der Waals surface area contributed by atoms with E-state index in [9.17, 15) is 19.2 Å². The molecule has 9 nitrogen and oxygen atoms in total. The van der Waals surface area contributed by atoms with Crippen LogP contribution in [0.5, 0.6) is 11.5 Å². The molecule has 0 spiro atoms. The molecular formula is C26H20N2O7. The number of nitrogens with one attached hydrogen (secondary N) is 1. The summed E-state index contributed by atoms with van der Waals surface area (Å²) in [6, 6.07) is 18.6. The minimum absolute atomic E-state index is 0.0787. The van der Waals surface area contributed by atoms with Gasteiger partial charge in [-0.15, -0.1) is 0 Å². The molecule has 35 heavy (non-hydrogen) atoms. The molecule has 0 atom stereocenters. The van der Waals surface area contributed by atoms with Crippen LogP contribution in [-0.4, -0.2) is 42.0 Å². The summed E-state index contributed by atoms with van der Waals surface area (Å²) in [6.45, 7) is 0.0261. The Morgan fingerprint density at radius 3 is 2.46 bits per heavy atom. The van der Waals surface area contributed by atoms with E-state index >= 15 is 0 Å². The highest BCUT2D eigenvalue weighted by atomic mass is 16.7. The van der Waals surface area contributed by atoms with E-state index in [1.807, 2.05) is 30.3 Å². The zero-order chi connectivity index (χ0) is 24.4. The van der Waals surface area contributed by atoms with Gasteiger partial charge >= 0.3 is 5.97 Å². The average molecular weight is 472 g/mol. The highest BCUT2D eigenvalue weighted by molar-refractivity contribution is 6.21. The van der Waals surface area contributed by atoms with E-state index < -0.39 is 30.3 Å². The van der Waals surface area contributed by atoms with Crippen LogP contribution in [0, 0.1) is 0 Å². The summed E-state index contributed by atoms with van der Waals surface area (Å²) in [5, 5.41) is 2.66. The van der Waals surface area contributed by atoms with Crippen LogP contribution in [0.15, 0.2) is 66.7 Å². The van der Waals surface area contributed by atoms with E-state index in [1.165, 1.54) is 18.2 Å². The molecule has 0 saturated heterocycles. The van der Waals surface area contributed by atoms with Crippen molar-refractivity contribution in [3.05, 3.63) is 94.5 Å². The number of carbonyl (C=O) groups excluding carboxylic acids is 4. The van der Waals surface area contributed by atoms with E-state index in [0.717, 1.165) is 16.0 Å². The van der Waals surface area contributed by atoms with Crippen molar-refractivity contribution >= 4 is 23.7 Å². The summed E-state index contributed by atoms with van der Waals surface area (Å²) < 4.78 is 15.6. The minimum atomic E-state index is -0.771. The number of carbonyl (C=O) groups is 4. The van der Waals surface area contributed by atoms with Gasteiger partial charge in [-0.2, -0.15) is 0 Å². The lowest BCUT2D eigenvalue weighted by atomic mass is 10.1. The highest BCUT2D eigenvalue weighted by Gasteiger charge is 2.36. The molecule has 0 saturated carbocycles. The van der Waals surface area contributed by atoms with E-state index in [1.54, 1.807) is 18.2 Å². The van der Waals surface area contributed by atoms with Crippen LogP contribution >= 0.6 is 0 Å². The molecule has 3 aromatic carbocycles. The molecule has 3 aromatic rings. The predicted octanol–water partition coefficient (Wildman–Crippen LogP) is 2.68. The van der Waals surface area contributed by atoms with Crippen LogP contribution in [0.2, 0.25) is 0 Å². The molecule has 2 heterocycles. The summed E-state index contributed by atoms with van der Waals surface area (Å²) in [7, 11) is 0. The van der Waals surface area contributed by atoms with Crippen LogP contribution in [-0.2, 0) is 22.6 Å². The fourth-order valence-corrected chi connectivity index (χ4v) is 3.84. The molecule has 0 aromatic heterocycles. The van der Waals surface area contributed by atoms with E-state index in [-0.39, 0.29) is 36.6 Å². The summed E-state index contributed by atoms with van der Waals surface area (Å²) >= 11 is 0. The molecular weight excluding hydrogens is 452 g/mol. The van der Waals surface area contributed by atoms with E-state index in [0.29, 0.717) is 11.5 Å². The highest BCUT2D eigenvalue weighted by Crippen LogP contribution is 2.32. The molecule has 0 bridgehead atoms. The standard InChI is InChI=1S/C26H20N2O7/c29-23(27-12-17-6-9-21-22(10-17)35-15-34-21)14-33-26(32)18-7-8-19-20(11-18)25(31)28(24(19)30)13-16-4-2-1-3-5-16/h1-11H,12-15H2,(H,27,29). The number of hydrogen-bond acceptors (Lipinski definition) is 7. The number of rotatable bonds is 7. The average Bonchev–Trinajstić information content (AvgIpc) is 3.44. The summed E-state index contributed by atoms with van der Waals surface area (Å²) in [5.74, 6) is -0.909. The Bertz CT molecular complexity index is 1340. The normalized spacial score (nSPS) is 13.5. The second-order valence-electron chi connectivity index (χ2n) is 7.98. The van der Waals surface area contributed by atoms with Gasteiger partial charge in [-0.25, -0.2) is 4.79 Å². The first-order valence-corrected chi connectivity index (χ1v) is 10.9. The van der Waals surface area contributed by atoms with Crippen LogP contribution in [0.25, 0.3) is 0 Å². The Labute approximate surface area is 200 Å². The SMILES string of the molecule is O=C(COC(=O)c1ccc2c(c1)C(=O)N(Cc1ccccc1)C2=O)NCc1ccc2c(c1)OCO2. The monoisotopic (exact) mass is 472 g/mol. The first-order valence-electron chi connectivity index (χ1n) is 10.9. The summed E-state index contributed by atoms with van der Waals surface area (Å²) in [4.78, 5) is 51.2. The zero-order valence-electron chi connectivity index (χ0n) is 18.5. The number of nitrogens with zero attached hydrogens (tertiary/aromatic N) is 1. The van der Waals surface area contributed by atoms with Gasteiger partial charge in [-0.05, 0) is 41.5 Å². The van der Waals surface area contributed by atoms with Crippen molar-refractivity contribution in [3.63, 3.8) is 0 Å². The van der Waals surface area contributed by atoms with Crippen molar-refractivity contribution in [2.75, 3.05) is 13.4 Å². The molecule has 0 aliphatic carbocycles. The predicted molar refractivity (Wildman–Crippen MR) is 122 cm³/mol. The van der Waals surface area contributed by atoms with E-state index in [2.05, 4.69) is 5.32 Å². The number of esters is 1. The van der Waals surface area contributed by atoms with Crippen molar-refractivity contribution in [2.45, 2.75) is 13.1 Å². The molecule has 9 heteroatoms. The lowest BCUT2D eigenvalue weighted by molar-refractivity contribution is -0.124. The summed E-state index contributed by atoms with van der Waals surface area (Å²) in [5.41, 5.74) is 2.05. The van der Waals surface area contributed by atoms with Gasteiger partial charge in [0.15, 0.2) is 18.1 Å². The molecule has 0 fully saturated rings. The largest absolute Gasteiger partial charge is 0.454 e. The third-order valence-corrected chi connectivity index (χ3v) is 5.65. The Morgan fingerprint density at radius 1 is 0.857 bits per heavy atom. The van der Waals surface area contributed by atoms with Crippen LogP contribution in [0.4, 0.5) is 0 Å². The van der Waals surface area contributed by atoms with Gasteiger partial charge in [0, 0.05) is 6.54 Å². The maximum Gasteiger partial charge on any atom is 0.338 e. The van der Waals surface area contributed by atoms with Crippen LogP contribution < -0.4 is 14.8 Å². The van der Waals surface area contributed by atoms with Crippen molar-refractivity contribution in [1.29, 1.82) is 0 Å². The Morgan fingerprint density at radius 2 is 1.63 bits per heavy atom. The number of imide groups is 1. The molecule has 0 radical (unpaired) electrons. The Hall–Kier alpha value is -4.66. The molecule has 0 unspecified atom stereocenters. The second-order valence-corrected chi connectivity index (χ2v) is 7.98. The van der Waals surface area contributed by atoms with Gasteiger partial charge in [0.05, 0.1) is 23.2 Å². The maximum atomic E-state index is 12.8.